The zero-order chi connectivity index (χ0) is 5.15. The van der Waals surface area contributed by atoms with E-state index >= 15 is 0 Å². The molecule has 0 heterocycles. The molecule has 0 aromatic rings. The molecule has 0 saturated heterocycles. The van der Waals surface area contributed by atoms with Gasteiger partial charge in [0.2, 0.25) is 0 Å². The fraction of sp³-hybridized carbons (Fsp3) is 1.00. The summed E-state index contributed by atoms with van der Waals surface area (Å²) in [5.41, 5.74) is 1.12. The minimum atomic E-state index is 0. The van der Waals surface area contributed by atoms with Gasteiger partial charge >= 0.3 is 50.5 Å². The molecule has 3 heteroatoms. The summed E-state index contributed by atoms with van der Waals surface area (Å²) in [5, 5.41) is 0. The van der Waals surface area contributed by atoms with Crippen molar-refractivity contribution in [2.75, 3.05) is 6.66 Å². The average Bonchev–Trinajstić information content (AvgIpc) is 1.36. The molecule has 0 spiro atoms. The van der Waals surface area contributed by atoms with Crippen molar-refractivity contribution in [1.82, 2.24) is 0 Å². The van der Waals surface area contributed by atoms with Crippen molar-refractivity contribution >= 4 is 5.56 Å². The Morgan fingerprint density at radius 3 is 1.57 bits per heavy atom. The fourth-order valence-corrected chi connectivity index (χ4v) is 0. The Morgan fingerprint density at radius 1 is 1.43 bits per heavy atom. The Morgan fingerprint density at radius 2 is 1.57 bits per heavy atom. The molecule has 0 amide bonds. The molecule has 1 radical (unpaired) electrons. The fourth-order valence-electron chi connectivity index (χ4n) is 0. The van der Waals surface area contributed by atoms with Gasteiger partial charge in [-0.2, -0.15) is 0 Å². The van der Waals surface area contributed by atoms with Crippen LogP contribution in [0.4, 0.5) is 0 Å². The quantitative estimate of drug-likeness (QED) is 0.623. The molecule has 0 N–H and O–H groups in total. The molecule has 1 unspecified atom stereocenters. The molecular formula is C4H11PWY. The van der Waals surface area contributed by atoms with Gasteiger partial charge in [-0.15, -0.1) is 0 Å². The Labute approximate surface area is 82.2 Å². The van der Waals surface area contributed by atoms with Gasteiger partial charge in [0.1, 0.15) is 0 Å². The van der Waals surface area contributed by atoms with Gasteiger partial charge in [0.25, 0.3) is 0 Å². The summed E-state index contributed by atoms with van der Waals surface area (Å²) >= 11 is 1.81. The van der Waals surface area contributed by atoms with Crippen LogP contribution in [0.1, 0.15) is 13.8 Å². The van der Waals surface area contributed by atoms with Crippen LogP contribution >= 0.6 is 5.56 Å². The van der Waals surface area contributed by atoms with E-state index in [0.29, 0.717) is 0 Å². The molecule has 0 rings (SSSR count). The van der Waals surface area contributed by atoms with Crippen molar-refractivity contribution in [2.24, 2.45) is 0 Å². The third-order valence-electron chi connectivity index (χ3n) is 0.813. The van der Waals surface area contributed by atoms with Crippen LogP contribution in [0.15, 0.2) is 0 Å². The molecule has 1 atom stereocenters. The van der Waals surface area contributed by atoms with Crippen LogP contribution in [0, 0.1) is 0 Å². The van der Waals surface area contributed by atoms with Gasteiger partial charge < -0.3 is 0 Å². The second kappa shape index (κ2) is 6.34. The largest absolute Gasteiger partial charge is 0 e. The van der Waals surface area contributed by atoms with E-state index in [4.69, 9.17) is 0 Å². The van der Waals surface area contributed by atoms with Crippen molar-refractivity contribution in [3.8, 4) is 0 Å². The van der Waals surface area contributed by atoms with Gasteiger partial charge in [-0.25, -0.2) is 0 Å². The average molecular weight is 363 g/mol. The summed E-state index contributed by atoms with van der Waals surface area (Å²) in [7, 11) is 0. The van der Waals surface area contributed by atoms with Gasteiger partial charge in [0.15, 0.2) is 0 Å². The molecule has 0 aliphatic heterocycles. The predicted molar refractivity (Wildman–Crippen MR) is 29.4 cm³/mol. The third kappa shape index (κ3) is 8.22. The summed E-state index contributed by atoms with van der Waals surface area (Å²) in [6, 6.07) is 0. The first-order valence-corrected chi connectivity index (χ1v) is 8.53. The van der Waals surface area contributed by atoms with Gasteiger partial charge in [-0.05, 0) is 0 Å². The second-order valence-electron chi connectivity index (χ2n) is 1.77. The molecule has 7 heavy (non-hydrogen) atoms. The maximum Gasteiger partial charge on any atom is 0 e. The smallest absolute Gasteiger partial charge is 0 e. The standard InChI is InChI=1S/C4H11P.W.Y/c1-4(2)5-3;;/h4-5H,1-3H3;;. The zero-order valence-electron chi connectivity index (χ0n) is 5.06. The second-order valence-corrected chi connectivity index (χ2v) is 11.1. The molecule has 0 saturated carbocycles. The topological polar surface area (TPSA) is 0 Å². The van der Waals surface area contributed by atoms with E-state index < -0.39 is 0 Å². The van der Waals surface area contributed by atoms with Crippen LogP contribution in [0.3, 0.4) is 0 Å². The van der Waals surface area contributed by atoms with Crippen molar-refractivity contribution < 1.29 is 51.5 Å². The minimum absolute atomic E-state index is 0. The van der Waals surface area contributed by atoms with E-state index in [-0.39, 0.29) is 38.3 Å². The number of rotatable bonds is 1. The zero-order valence-corrected chi connectivity index (χ0v) is 11.8. The Hall–Kier alpha value is 2.22. The van der Waals surface area contributed by atoms with Crippen molar-refractivity contribution in [2.45, 2.75) is 19.5 Å². The van der Waals surface area contributed by atoms with E-state index in [2.05, 4.69) is 20.5 Å². The van der Waals surface area contributed by atoms with Crippen molar-refractivity contribution in [3.63, 3.8) is 0 Å². The van der Waals surface area contributed by atoms with E-state index in [1.54, 1.807) is 0 Å². The first kappa shape index (κ1) is 12.0. The predicted octanol–water partition coefficient (Wildman–Crippen LogP) is 1.70. The summed E-state index contributed by atoms with van der Waals surface area (Å²) in [5.74, 6) is 0. The minimum Gasteiger partial charge on any atom is 0 e. The number of hydrogen-bond acceptors (Lipinski definition) is 0. The van der Waals surface area contributed by atoms with E-state index in [1.165, 1.54) is 0 Å². The molecule has 0 aromatic carbocycles. The summed E-state index contributed by atoms with van der Waals surface area (Å²) in [4.78, 5) is 0. The van der Waals surface area contributed by atoms with E-state index in [0.717, 1.165) is 5.66 Å². The van der Waals surface area contributed by atoms with Gasteiger partial charge in [0, 0.05) is 32.7 Å². The van der Waals surface area contributed by atoms with Crippen LogP contribution in [-0.2, 0) is 51.5 Å². The van der Waals surface area contributed by atoms with Gasteiger partial charge in [-0.1, -0.05) is 0 Å². The molecule has 0 bridgehead atoms. The monoisotopic (exact) mass is 363 g/mol. The molecule has 0 aliphatic carbocycles. The Kier molecular flexibility index (Phi) is 10.8. The van der Waals surface area contributed by atoms with Crippen LogP contribution in [0.25, 0.3) is 0 Å². The summed E-state index contributed by atoms with van der Waals surface area (Å²) in [6.07, 6.45) is 0. The molecule has 0 fully saturated rings. The molecule has 0 aliphatic rings. The van der Waals surface area contributed by atoms with E-state index in [9.17, 15) is 0 Å². The Balaban J connectivity index is 0. The van der Waals surface area contributed by atoms with Gasteiger partial charge in [-0.3, -0.25) is 0 Å². The van der Waals surface area contributed by atoms with Crippen LogP contribution < -0.4 is 0 Å². The normalized spacial score (nSPS) is 13.1. The molecule has 0 aromatic heterocycles. The number of hydrogen-bond donors (Lipinski definition) is 0. The van der Waals surface area contributed by atoms with Crippen LogP contribution in [0.5, 0.6) is 0 Å². The van der Waals surface area contributed by atoms with Crippen molar-refractivity contribution in [3.05, 3.63) is 0 Å². The first-order valence-electron chi connectivity index (χ1n) is 2.15. The SMILES string of the molecule is CC(C)[PH](C)=[W].[Y]. The Bertz CT molecular complexity index is 62.7. The molecule has 41 valence electrons. The van der Waals surface area contributed by atoms with E-state index in [1.807, 2.05) is 18.8 Å². The first-order chi connectivity index (χ1) is 2.64. The van der Waals surface area contributed by atoms with Crippen molar-refractivity contribution in [1.29, 1.82) is 0 Å². The van der Waals surface area contributed by atoms with Crippen LogP contribution in [-0.4, -0.2) is 12.3 Å². The van der Waals surface area contributed by atoms with Gasteiger partial charge in [0.05, 0.1) is 0 Å². The third-order valence-corrected chi connectivity index (χ3v) is 7.52. The maximum atomic E-state index is 2.38. The van der Waals surface area contributed by atoms with Crippen LogP contribution in [0.2, 0.25) is 0 Å². The summed E-state index contributed by atoms with van der Waals surface area (Å²) < 4.78 is 0. The summed E-state index contributed by atoms with van der Waals surface area (Å²) in [6.45, 7) is 6.99. The molecule has 0 nitrogen and oxygen atoms in total. The molecular weight excluding hydrogens is 352 g/mol. The maximum absolute atomic E-state index is 2.38.